The molecule has 90 valence electrons. The van der Waals surface area contributed by atoms with Crippen LogP contribution in [-0.4, -0.2) is 24.7 Å². The van der Waals surface area contributed by atoms with Gasteiger partial charge < -0.3 is 0 Å². The van der Waals surface area contributed by atoms with Crippen molar-refractivity contribution in [3.05, 3.63) is 35.9 Å². The van der Waals surface area contributed by atoms with E-state index in [2.05, 4.69) is 20.1 Å². The second kappa shape index (κ2) is 4.55. The summed E-state index contributed by atoms with van der Waals surface area (Å²) in [4.78, 5) is 12.6. The normalized spacial score (nSPS) is 11.0. The summed E-state index contributed by atoms with van der Waals surface area (Å²) < 4.78 is 1.69. The summed E-state index contributed by atoms with van der Waals surface area (Å²) in [6, 6.07) is 7.73. The molecule has 0 amide bonds. The Hall–Kier alpha value is -1.66. The number of fused-ring (bicyclic) bond motifs is 1. The quantitative estimate of drug-likeness (QED) is 0.532. The Bertz CT molecular complexity index is 711. The minimum atomic E-state index is 0.235. The van der Waals surface area contributed by atoms with Gasteiger partial charge in [-0.25, -0.2) is 19.6 Å². The summed E-state index contributed by atoms with van der Waals surface area (Å²) in [5, 5.41) is 6.75. The number of rotatable bonds is 2. The maximum atomic E-state index is 5.93. The Labute approximate surface area is 112 Å². The molecule has 7 heteroatoms. The van der Waals surface area contributed by atoms with E-state index in [9.17, 15) is 0 Å². The minimum absolute atomic E-state index is 0.235. The predicted octanol–water partition coefficient (Wildman–Crippen LogP) is 2.56. The molecule has 18 heavy (non-hydrogen) atoms. The zero-order valence-corrected chi connectivity index (χ0v) is 11.0. The van der Waals surface area contributed by atoms with Gasteiger partial charge in [-0.15, -0.1) is 0 Å². The van der Waals surface area contributed by atoms with Crippen molar-refractivity contribution in [3.63, 3.8) is 0 Å². The number of benzene rings is 1. The Morgan fingerprint density at radius 2 is 2.06 bits per heavy atom. The molecule has 0 aliphatic rings. The third-order valence-electron chi connectivity index (χ3n) is 2.40. The minimum Gasteiger partial charge on any atom is -0.244 e. The SMILES string of the molecule is Cn1ncnc1Sc1nc(Cl)nc2ccccc12. The van der Waals surface area contributed by atoms with Crippen LogP contribution in [0.25, 0.3) is 10.9 Å². The van der Waals surface area contributed by atoms with Gasteiger partial charge in [-0.3, -0.25) is 0 Å². The Balaban J connectivity index is 2.14. The summed E-state index contributed by atoms with van der Waals surface area (Å²) in [5.41, 5.74) is 0.821. The van der Waals surface area contributed by atoms with Crippen LogP contribution in [0.4, 0.5) is 0 Å². The van der Waals surface area contributed by atoms with E-state index in [0.717, 1.165) is 21.1 Å². The van der Waals surface area contributed by atoms with Crippen molar-refractivity contribution < 1.29 is 0 Å². The molecular formula is C11H8ClN5S. The lowest BCUT2D eigenvalue weighted by molar-refractivity contribution is 0.685. The molecule has 0 saturated heterocycles. The van der Waals surface area contributed by atoms with Gasteiger partial charge in [-0.1, -0.05) is 18.2 Å². The zero-order chi connectivity index (χ0) is 12.5. The van der Waals surface area contributed by atoms with Crippen LogP contribution in [0.3, 0.4) is 0 Å². The van der Waals surface area contributed by atoms with Crippen molar-refractivity contribution in [2.24, 2.45) is 7.05 Å². The van der Waals surface area contributed by atoms with Gasteiger partial charge in [0.1, 0.15) is 11.4 Å². The monoisotopic (exact) mass is 277 g/mol. The van der Waals surface area contributed by atoms with E-state index in [0.29, 0.717) is 0 Å². The highest BCUT2D eigenvalue weighted by atomic mass is 35.5. The van der Waals surface area contributed by atoms with Crippen LogP contribution in [-0.2, 0) is 7.05 Å². The standard InChI is InChI=1S/C11H8ClN5S/c1-17-11(13-6-14-17)18-9-7-4-2-3-5-8(7)15-10(12)16-9/h2-6H,1H3. The molecule has 2 aromatic heterocycles. The van der Waals surface area contributed by atoms with E-state index in [1.165, 1.54) is 18.1 Å². The Kier molecular flexibility index (Phi) is 2.89. The first-order chi connectivity index (χ1) is 8.74. The molecule has 3 rings (SSSR count). The number of para-hydroxylation sites is 1. The van der Waals surface area contributed by atoms with Crippen LogP contribution in [0.1, 0.15) is 0 Å². The number of nitrogens with zero attached hydrogens (tertiary/aromatic N) is 5. The lowest BCUT2D eigenvalue weighted by atomic mass is 10.2. The Morgan fingerprint density at radius 1 is 1.22 bits per heavy atom. The van der Waals surface area contributed by atoms with Crippen LogP contribution >= 0.6 is 23.4 Å². The molecule has 0 radical (unpaired) electrons. The highest BCUT2D eigenvalue weighted by Gasteiger charge is 2.10. The number of aromatic nitrogens is 5. The maximum Gasteiger partial charge on any atom is 0.224 e. The lowest BCUT2D eigenvalue weighted by Crippen LogP contribution is -1.95. The molecule has 0 bridgehead atoms. The number of halogens is 1. The molecule has 0 aliphatic carbocycles. The van der Waals surface area contributed by atoms with Gasteiger partial charge in [0.05, 0.1) is 5.52 Å². The number of hydrogen-bond donors (Lipinski definition) is 0. The van der Waals surface area contributed by atoms with E-state index in [1.807, 2.05) is 31.3 Å². The highest BCUT2D eigenvalue weighted by Crippen LogP contribution is 2.30. The zero-order valence-electron chi connectivity index (χ0n) is 9.41. The molecule has 0 aliphatic heterocycles. The number of aryl methyl sites for hydroxylation is 1. The van der Waals surface area contributed by atoms with Crippen molar-refractivity contribution >= 4 is 34.3 Å². The average Bonchev–Trinajstić information content (AvgIpc) is 2.75. The van der Waals surface area contributed by atoms with Crippen LogP contribution in [0, 0.1) is 0 Å². The number of hydrogen-bond acceptors (Lipinski definition) is 5. The Morgan fingerprint density at radius 3 is 2.83 bits per heavy atom. The van der Waals surface area contributed by atoms with Crippen molar-refractivity contribution in [1.82, 2.24) is 24.7 Å². The first kappa shape index (κ1) is 11.4. The molecule has 0 spiro atoms. The summed E-state index contributed by atoms with van der Waals surface area (Å²) >= 11 is 7.34. The molecular weight excluding hydrogens is 270 g/mol. The third-order valence-corrected chi connectivity index (χ3v) is 3.62. The molecule has 0 atom stereocenters. The summed E-state index contributed by atoms with van der Waals surface area (Å²) in [6.45, 7) is 0. The van der Waals surface area contributed by atoms with Gasteiger partial charge in [-0.2, -0.15) is 5.10 Å². The summed E-state index contributed by atoms with van der Waals surface area (Å²) in [6.07, 6.45) is 1.51. The second-order valence-electron chi connectivity index (χ2n) is 3.58. The van der Waals surface area contributed by atoms with E-state index in [-0.39, 0.29) is 5.28 Å². The fourth-order valence-electron chi connectivity index (χ4n) is 1.56. The van der Waals surface area contributed by atoms with Crippen LogP contribution in [0.15, 0.2) is 40.8 Å². The smallest absolute Gasteiger partial charge is 0.224 e. The topological polar surface area (TPSA) is 56.5 Å². The first-order valence-corrected chi connectivity index (χ1v) is 6.37. The van der Waals surface area contributed by atoms with Gasteiger partial charge in [0.2, 0.25) is 5.28 Å². The molecule has 3 aromatic rings. The van der Waals surface area contributed by atoms with E-state index >= 15 is 0 Å². The lowest BCUT2D eigenvalue weighted by Gasteiger charge is -2.04. The molecule has 1 aromatic carbocycles. The average molecular weight is 278 g/mol. The molecule has 2 heterocycles. The third kappa shape index (κ3) is 2.04. The van der Waals surface area contributed by atoms with Gasteiger partial charge >= 0.3 is 0 Å². The molecule has 5 nitrogen and oxygen atoms in total. The van der Waals surface area contributed by atoms with Crippen LogP contribution in [0.5, 0.6) is 0 Å². The molecule has 0 saturated carbocycles. The fourth-order valence-corrected chi connectivity index (χ4v) is 2.66. The van der Waals surface area contributed by atoms with Gasteiger partial charge in [0.25, 0.3) is 0 Å². The molecule has 0 N–H and O–H groups in total. The van der Waals surface area contributed by atoms with Crippen molar-refractivity contribution in [2.45, 2.75) is 10.2 Å². The summed E-state index contributed by atoms with van der Waals surface area (Å²) in [7, 11) is 1.83. The summed E-state index contributed by atoms with van der Waals surface area (Å²) in [5.74, 6) is 0. The van der Waals surface area contributed by atoms with E-state index < -0.39 is 0 Å². The van der Waals surface area contributed by atoms with Gasteiger partial charge in [0.15, 0.2) is 5.16 Å². The highest BCUT2D eigenvalue weighted by molar-refractivity contribution is 7.99. The molecule has 0 fully saturated rings. The molecule has 0 unspecified atom stereocenters. The van der Waals surface area contributed by atoms with Gasteiger partial charge in [-0.05, 0) is 29.4 Å². The van der Waals surface area contributed by atoms with Crippen LogP contribution < -0.4 is 0 Å². The van der Waals surface area contributed by atoms with Crippen molar-refractivity contribution in [2.75, 3.05) is 0 Å². The fraction of sp³-hybridized carbons (Fsp3) is 0.0909. The first-order valence-electron chi connectivity index (χ1n) is 5.18. The predicted molar refractivity (Wildman–Crippen MR) is 69.7 cm³/mol. The van der Waals surface area contributed by atoms with Crippen LogP contribution in [0.2, 0.25) is 5.28 Å². The van der Waals surface area contributed by atoms with Crippen molar-refractivity contribution in [3.8, 4) is 0 Å². The largest absolute Gasteiger partial charge is 0.244 e. The van der Waals surface area contributed by atoms with E-state index in [4.69, 9.17) is 11.6 Å². The van der Waals surface area contributed by atoms with Gasteiger partial charge in [0, 0.05) is 12.4 Å². The second-order valence-corrected chi connectivity index (χ2v) is 4.88. The van der Waals surface area contributed by atoms with E-state index in [1.54, 1.807) is 4.68 Å². The van der Waals surface area contributed by atoms with Crippen molar-refractivity contribution in [1.29, 1.82) is 0 Å². The maximum absolute atomic E-state index is 5.93.